The van der Waals surface area contributed by atoms with Gasteiger partial charge in [0.1, 0.15) is 11.4 Å². The molecule has 1 heterocycles. The van der Waals surface area contributed by atoms with Gasteiger partial charge in [-0.15, -0.1) is 0 Å². The molecule has 1 saturated heterocycles. The van der Waals surface area contributed by atoms with E-state index >= 15 is 0 Å². The molecule has 2 aliphatic carbocycles. The number of urea groups is 1. The lowest BCUT2D eigenvalue weighted by molar-refractivity contribution is -0.137. The first-order valence-electron chi connectivity index (χ1n) is 9.27. The van der Waals surface area contributed by atoms with Crippen molar-refractivity contribution in [1.82, 2.24) is 16.0 Å². The van der Waals surface area contributed by atoms with Crippen LogP contribution in [-0.4, -0.2) is 23.4 Å². The van der Waals surface area contributed by atoms with Crippen LogP contribution < -0.4 is 16.0 Å². The Labute approximate surface area is 161 Å². The van der Waals surface area contributed by atoms with E-state index in [9.17, 15) is 18.8 Å². The van der Waals surface area contributed by atoms with Crippen molar-refractivity contribution in [2.24, 2.45) is 11.8 Å². The van der Waals surface area contributed by atoms with Gasteiger partial charge in [0.2, 0.25) is 5.91 Å². The lowest BCUT2D eigenvalue weighted by Crippen LogP contribution is -2.60. The minimum atomic E-state index is -0.975. The average Bonchev–Trinajstić information content (AvgIpc) is 3.19. The summed E-state index contributed by atoms with van der Waals surface area (Å²) in [5.74, 6) is -1.31. The van der Waals surface area contributed by atoms with Crippen LogP contribution in [0.4, 0.5) is 9.18 Å². The lowest BCUT2D eigenvalue weighted by atomic mass is 9.67. The zero-order valence-electron chi connectivity index (χ0n) is 14.7. The molecule has 6 nitrogen and oxygen atoms in total. The van der Waals surface area contributed by atoms with Crippen molar-refractivity contribution in [2.45, 2.75) is 50.1 Å². The Morgan fingerprint density at radius 3 is 2.56 bits per heavy atom. The van der Waals surface area contributed by atoms with Gasteiger partial charge in [-0.25, -0.2) is 9.18 Å². The van der Waals surface area contributed by atoms with Crippen LogP contribution in [0, 0.1) is 17.7 Å². The summed E-state index contributed by atoms with van der Waals surface area (Å²) in [7, 11) is 0. The van der Waals surface area contributed by atoms with Gasteiger partial charge in [-0.05, 0) is 43.7 Å². The van der Waals surface area contributed by atoms with Crippen molar-refractivity contribution in [3.63, 3.8) is 0 Å². The highest BCUT2D eigenvalue weighted by molar-refractivity contribution is 6.31. The molecular weight excluding hydrogens is 373 g/mol. The molecule has 4 rings (SSSR count). The number of carbonyl (C=O) groups excluding carboxylic acids is 3. The highest BCUT2D eigenvalue weighted by Crippen LogP contribution is 2.43. The second kappa shape index (κ2) is 6.78. The van der Waals surface area contributed by atoms with Crippen molar-refractivity contribution in [1.29, 1.82) is 0 Å². The number of carbonyl (C=O) groups is 3. The molecule has 3 fully saturated rings. The van der Waals surface area contributed by atoms with Gasteiger partial charge in [0.25, 0.3) is 5.91 Å². The van der Waals surface area contributed by atoms with E-state index in [1.165, 1.54) is 6.07 Å². The van der Waals surface area contributed by atoms with Gasteiger partial charge in [0.05, 0.1) is 6.04 Å². The monoisotopic (exact) mass is 393 g/mol. The maximum absolute atomic E-state index is 14.5. The number of nitrogens with one attached hydrogen (secondary N) is 3. The van der Waals surface area contributed by atoms with E-state index < -0.39 is 29.3 Å². The summed E-state index contributed by atoms with van der Waals surface area (Å²) in [6, 6.07) is 3.51. The van der Waals surface area contributed by atoms with Gasteiger partial charge in [0, 0.05) is 16.5 Å². The normalized spacial score (nSPS) is 28.6. The van der Waals surface area contributed by atoms with Gasteiger partial charge in [-0.1, -0.05) is 30.5 Å². The largest absolute Gasteiger partial charge is 0.349 e. The van der Waals surface area contributed by atoms with Crippen LogP contribution in [-0.2, 0) is 9.59 Å². The van der Waals surface area contributed by atoms with Crippen LogP contribution in [0.25, 0.3) is 0 Å². The number of hydrogen-bond acceptors (Lipinski definition) is 3. The molecular formula is C19H21ClFN3O3. The number of hydrogen-bond donors (Lipinski definition) is 3. The third-order valence-corrected chi connectivity index (χ3v) is 6.38. The van der Waals surface area contributed by atoms with Crippen LogP contribution in [0.5, 0.6) is 0 Å². The van der Waals surface area contributed by atoms with Crippen LogP contribution in [0.15, 0.2) is 18.2 Å². The Bertz CT molecular complexity index is 783. The average molecular weight is 394 g/mol. The molecule has 1 atom stereocenters. The second-order valence-corrected chi connectivity index (χ2v) is 8.17. The number of rotatable bonds is 4. The molecule has 1 unspecified atom stereocenters. The Morgan fingerprint density at radius 1 is 1.26 bits per heavy atom. The number of benzene rings is 1. The first kappa shape index (κ1) is 18.2. The van der Waals surface area contributed by atoms with Crippen molar-refractivity contribution < 1.29 is 18.8 Å². The molecule has 2 saturated carbocycles. The second-order valence-electron chi connectivity index (χ2n) is 7.76. The summed E-state index contributed by atoms with van der Waals surface area (Å²) in [5.41, 5.74) is -0.641. The molecule has 0 radical (unpaired) electrons. The molecule has 1 spiro atoms. The molecule has 1 aromatic rings. The SMILES string of the molecule is O=C1NC(=O)C2(CC(C(=O)NC(c3c(F)cccc3Cl)C3CCCC3)C2)N1. The van der Waals surface area contributed by atoms with Crippen LogP contribution in [0.2, 0.25) is 5.02 Å². The quantitative estimate of drug-likeness (QED) is 0.687. The minimum Gasteiger partial charge on any atom is -0.349 e. The Balaban J connectivity index is 1.50. The molecule has 3 N–H and O–H groups in total. The number of halogens is 2. The molecule has 27 heavy (non-hydrogen) atoms. The number of amides is 4. The summed E-state index contributed by atoms with van der Waals surface area (Å²) in [6.07, 6.45) is 4.40. The lowest BCUT2D eigenvalue weighted by Gasteiger charge is -2.42. The van der Waals surface area contributed by atoms with Gasteiger partial charge >= 0.3 is 6.03 Å². The van der Waals surface area contributed by atoms with E-state index in [-0.39, 0.29) is 30.6 Å². The first-order chi connectivity index (χ1) is 12.9. The summed E-state index contributed by atoms with van der Waals surface area (Å²) >= 11 is 6.26. The van der Waals surface area contributed by atoms with Crippen LogP contribution in [0.1, 0.15) is 50.1 Å². The maximum Gasteiger partial charge on any atom is 0.322 e. The van der Waals surface area contributed by atoms with Gasteiger partial charge < -0.3 is 10.6 Å². The van der Waals surface area contributed by atoms with E-state index in [1.807, 2.05) is 0 Å². The molecule has 4 amide bonds. The fraction of sp³-hybridized carbons (Fsp3) is 0.526. The molecule has 0 aromatic heterocycles. The van der Waals surface area contributed by atoms with E-state index in [0.29, 0.717) is 10.6 Å². The standard InChI is InChI=1S/C19H21ClFN3O3/c20-12-6-3-7-13(21)14(12)15(10-4-1-2-5-10)22-16(25)11-8-19(9-11)17(26)23-18(27)24-19/h3,6-7,10-11,15H,1-2,4-5,8-9H2,(H,22,25)(H2,23,24,26,27). The smallest absolute Gasteiger partial charge is 0.322 e. The summed E-state index contributed by atoms with van der Waals surface area (Å²) in [5, 5.41) is 8.10. The van der Waals surface area contributed by atoms with E-state index in [1.54, 1.807) is 12.1 Å². The predicted octanol–water partition coefficient (Wildman–Crippen LogP) is 2.81. The molecule has 8 heteroatoms. The van der Waals surface area contributed by atoms with Crippen molar-refractivity contribution in [2.75, 3.05) is 0 Å². The molecule has 1 aliphatic heterocycles. The van der Waals surface area contributed by atoms with E-state index in [2.05, 4.69) is 16.0 Å². The van der Waals surface area contributed by atoms with Crippen LogP contribution in [0.3, 0.4) is 0 Å². The molecule has 3 aliphatic rings. The van der Waals surface area contributed by atoms with Crippen molar-refractivity contribution in [3.8, 4) is 0 Å². The topological polar surface area (TPSA) is 87.3 Å². The van der Waals surface area contributed by atoms with Crippen molar-refractivity contribution >= 4 is 29.4 Å². The molecule has 1 aromatic carbocycles. The summed E-state index contributed by atoms with van der Waals surface area (Å²) in [6.45, 7) is 0. The highest BCUT2D eigenvalue weighted by Gasteiger charge is 2.57. The summed E-state index contributed by atoms with van der Waals surface area (Å²) < 4.78 is 14.5. The Kier molecular flexibility index (Phi) is 4.58. The van der Waals surface area contributed by atoms with Crippen molar-refractivity contribution in [3.05, 3.63) is 34.6 Å². The Hall–Kier alpha value is -2.15. The van der Waals surface area contributed by atoms with Crippen LogP contribution >= 0.6 is 11.6 Å². The third-order valence-electron chi connectivity index (χ3n) is 6.05. The van der Waals surface area contributed by atoms with Gasteiger partial charge in [0.15, 0.2) is 0 Å². The zero-order valence-corrected chi connectivity index (χ0v) is 15.4. The third kappa shape index (κ3) is 3.18. The fourth-order valence-electron chi connectivity index (χ4n) is 4.58. The molecule has 144 valence electrons. The Morgan fingerprint density at radius 2 is 1.96 bits per heavy atom. The zero-order chi connectivity index (χ0) is 19.2. The highest BCUT2D eigenvalue weighted by atomic mass is 35.5. The van der Waals surface area contributed by atoms with Gasteiger partial charge in [-0.3, -0.25) is 14.9 Å². The minimum absolute atomic E-state index is 0.131. The van der Waals surface area contributed by atoms with E-state index in [0.717, 1.165) is 25.7 Å². The van der Waals surface area contributed by atoms with E-state index in [4.69, 9.17) is 11.6 Å². The number of imide groups is 1. The predicted molar refractivity (Wildman–Crippen MR) is 96.4 cm³/mol. The molecule has 0 bridgehead atoms. The summed E-state index contributed by atoms with van der Waals surface area (Å²) in [4.78, 5) is 36.1. The van der Waals surface area contributed by atoms with Gasteiger partial charge in [-0.2, -0.15) is 0 Å². The maximum atomic E-state index is 14.5. The fourth-order valence-corrected chi connectivity index (χ4v) is 4.86. The first-order valence-corrected chi connectivity index (χ1v) is 9.65.